The van der Waals surface area contributed by atoms with E-state index >= 15 is 0 Å². The van der Waals surface area contributed by atoms with Crippen LogP contribution in [0.2, 0.25) is 0 Å². The number of Topliss-reactive ketones (excluding diaryl/α,β-unsaturated/α-hetero) is 1. The second-order valence-electron chi connectivity index (χ2n) is 10.6. The number of nitrogens with one attached hydrogen (secondary N) is 1. The summed E-state index contributed by atoms with van der Waals surface area (Å²) in [5.41, 5.74) is 2.56. The molecule has 1 aromatic heterocycles. The average Bonchev–Trinajstić information content (AvgIpc) is 3.34. The minimum Gasteiger partial charge on any atom is -0.360 e. The number of hydrogen-bond acceptors (Lipinski definition) is 5. The van der Waals surface area contributed by atoms with Crippen LogP contribution in [0.1, 0.15) is 40.1 Å². The molecule has 2 unspecified atom stereocenters. The highest BCUT2D eigenvalue weighted by Crippen LogP contribution is 2.26. The van der Waals surface area contributed by atoms with Gasteiger partial charge in [0.05, 0.1) is 5.56 Å². The molecule has 3 aromatic rings. The van der Waals surface area contributed by atoms with Gasteiger partial charge in [0.25, 0.3) is 11.8 Å². The molecule has 2 amide bonds. The molecule has 9 heteroatoms. The van der Waals surface area contributed by atoms with Gasteiger partial charge in [-0.05, 0) is 56.8 Å². The molecule has 8 nitrogen and oxygen atoms in total. The number of amides is 2. The van der Waals surface area contributed by atoms with Crippen molar-refractivity contribution >= 4 is 28.5 Å². The zero-order valence-electron chi connectivity index (χ0n) is 22.1. The number of aromatic amines is 1. The fourth-order valence-corrected chi connectivity index (χ4v) is 5.40. The molecular formula is C29H34FN5O3. The summed E-state index contributed by atoms with van der Waals surface area (Å²) in [4.78, 5) is 50.6. The van der Waals surface area contributed by atoms with Crippen LogP contribution in [-0.2, 0) is 11.3 Å². The quantitative estimate of drug-likeness (QED) is 0.414. The van der Waals surface area contributed by atoms with E-state index in [-0.39, 0.29) is 23.8 Å². The maximum absolute atomic E-state index is 13.7. The predicted octanol–water partition coefficient (Wildman–Crippen LogP) is 3.00. The van der Waals surface area contributed by atoms with Crippen LogP contribution in [0.3, 0.4) is 0 Å². The minimum absolute atomic E-state index is 0.0345. The number of piperazine rings is 2. The summed E-state index contributed by atoms with van der Waals surface area (Å²) in [6.45, 7) is 8.58. The van der Waals surface area contributed by atoms with Crippen LogP contribution in [0.15, 0.2) is 48.7 Å². The Bertz CT molecular complexity index is 1350. The van der Waals surface area contributed by atoms with Gasteiger partial charge in [0.15, 0.2) is 0 Å². The van der Waals surface area contributed by atoms with E-state index in [1.54, 1.807) is 41.4 Å². The number of benzene rings is 2. The molecule has 2 atom stereocenters. The van der Waals surface area contributed by atoms with E-state index in [0.29, 0.717) is 49.2 Å². The minimum atomic E-state index is -0.549. The standard InChI is InChI=1S/C29H34FN5O3/c1-19-17-35(20(2)16-34(19)18-21-4-7-23(30)8-5-21)28(37)25-15-31-26-9-6-22(14-24(25)26)27(36)29(38)33-12-10-32(3)11-13-33/h4-9,14-15,19-20,31H,10-13,16-18H2,1-3H3. The van der Waals surface area contributed by atoms with Crippen LogP contribution in [0.4, 0.5) is 4.39 Å². The van der Waals surface area contributed by atoms with Crippen molar-refractivity contribution in [2.75, 3.05) is 46.3 Å². The van der Waals surface area contributed by atoms with E-state index in [1.165, 1.54) is 12.1 Å². The van der Waals surface area contributed by atoms with Crippen LogP contribution in [0.5, 0.6) is 0 Å². The first kappa shape index (κ1) is 26.1. The first-order chi connectivity index (χ1) is 18.2. The van der Waals surface area contributed by atoms with Gasteiger partial charge in [-0.2, -0.15) is 0 Å². The van der Waals surface area contributed by atoms with Gasteiger partial charge in [-0.25, -0.2) is 4.39 Å². The Morgan fingerprint density at radius 1 is 0.947 bits per heavy atom. The molecule has 200 valence electrons. The second-order valence-corrected chi connectivity index (χ2v) is 10.6. The zero-order chi connectivity index (χ0) is 27.0. The van der Waals surface area contributed by atoms with Crippen LogP contribution < -0.4 is 0 Å². The smallest absolute Gasteiger partial charge is 0.295 e. The highest BCUT2D eigenvalue weighted by Gasteiger charge is 2.33. The van der Waals surface area contributed by atoms with Crippen LogP contribution >= 0.6 is 0 Å². The number of aromatic nitrogens is 1. The van der Waals surface area contributed by atoms with E-state index in [4.69, 9.17) is 0 Å². The normalized spacial score (nSPS) is 21.2. The third-order valence-electron chi connectivity index (χ3n) is 7.83. The lowest BCUT2D eigenvalue weighted by molar-refractivity contribution is -0.127. The van der Waals surface area contributed by atoms with E-state index in [9.17, 15) is 18.8 Å². The van der Waals surface area contributed by atoms with Crippen LogP contribution in [0, 0.1) is 5.82 Å². The fraction of sp³-hybridized carbons (Fsp3) is 0.414. The molecule has 0 spiro atoms. The first-order valence-corrected chi connectivity index (χ1v) is 13.1. The number of carbonyl (C=O) groups is 3. The number of fused-ring (bicyclic) bond motifs is 1. The van der Waals surface area contributed by atoms with Crippen LogP contribution in [0.25, 0.3) is 10.9 Å². The molecule has 2 saturated heterocycles. The molecule has 1 N–H and O–H groups in total. The first-order valence-electron chi connectivity index (χ1n) is 13.1. The van der Waals surface area contributed by atoms with E-state index in [0.717, 1.165) is 24.2 Å². The molecule has 2 fully saturated rings. The van der Waals surface area contributed by atoms with Gasteiger partial charge in [-0.1, -0.05) is 12.1 Å². The van der Waals surface area contributed by atoms with Crippen LogP contribution in [-0.4, -0.2) is 101 Å². The molecule has 2 aromatic carbocycles. The van der Waals surface area contributed by atoms with E-state index < -0.39 is 11.7 Å². The van der Waals surface area contributed by atoms with Crippen molar-refractivity contribution in [1.29, 1.82) is 0 Å². The molecule has 2 aliphatic heterocycles. The maximum atomic E-state index is 13.7. The summed E-state index contributed by atoms with van der Waals surface area (Å²) >= 11 is 0. The lowest BCUT2D eigenvalue weighted by Gasteiger charge is -2.44. The van der Waals surface area contributed by atoms with Crippen molar-refractivity contribution in [1.82, 2.24) is 24.6 Å². The number of hydrogen-bond donors (Lipinski definition) is 1. The van der Waals surface area contributed by atoms with Gasteiger partial charge in [0.1, 0.15) is 5.82 Å². The lowest BCUT2D eigenvalue weighted by Crippen LogP contribution is -2.57. The number of nitrogens with zero attached hydrogens (tertiary/aromatic N) is 4. The van der Waals surface area contributed by atoms with Gasteiger partial charge < -0.3 is 19.7 Å². The Morgan fingerprint density at radius 3 is 2.37 bits per heavy atom. The largest absolute Gasteiger partial charge is 0.360 e. The Labute approximate surface area is 222 Å². The Morgan fingerprint density at radius 2 is 1.66 bits per heavy atom. The van der Waals surface area contributed by atoms with Gasteiger partial charge in [-0.15, -0.1) is 0 Å². The number of carbonyl (C=O) groups excluding carboxylic acids is 3. The molecule has 38 heavy (non-hydrogen) atoms. The van der Waals surface area contributed by atoms with Crippen molar-refractivity contribution in [2.45, 2.75) is 32.5 Å². The zero-order valence-corrected chi connectivity index (χ0v) is 22.1. The highest BCUT2D eigenvalue weighted by molar-refractivity contribution is 6.43. The summed E-state index contributed by atoms with van der Waals surface area (Å²) in [5, 5.41) is 0.639. The van der Waals surface area contributed by atoms with E-state index in [2.05, 4.69) is 21.7 Å². The third-order valence-corrected chi connectivity index (χ3v) is 7.83. The summed E-state index contributed by atoms with van der Waals surface area (Å²) in [5.74, 6) is -1.40. The molecule has 5 rings (SSSR count). The van der Waals surface area contributed by atoms with Crippen molar-refractivity contribution in [2.24, 2.45) is 0 Å². The summed E-state index contributed by atoms with van der Waals surface area (Å²) in [6, 6.07) is 11.7. The van der Waals surface area contributed by atoms with Crippen molar-refractivity contribution in [3.05, 3.63) is 71.2 Å². The van der Waals surface area contributed by atoms with Crippen molar-refractivity contribution in [3.8, 4) is 0 Å². The van der Waals surface area contributed by atoms with Gasteiger partial charge in [-0.3, -0.25) is 19.3 Å². The molecule has 3 heterocycles. The fourth-order valence-electron chi connectivity index (χ4n) is 5.40. The number of rotatable bonds is 5. The summed E-state index contributed by atoms with van der Waals surface area (Å²) in [7, 11) is 2.00. The van der Waals surface area contributed by atoms with E-state index in [1.807, 2.05) is 18.9 Å². The Hall–Kier alpha value is -3.56. The Kier molecular flexibility index (Phi) is 7.32. The average molecular weight is 520 g/mol. The molecule has 2 aliphatic rings. The molecule has 0 aliphatic carbocycles. The van der Waals surface area contributed by atoms with Gasteiger partial charge in [0, 0.05) is 80.6 Å². The predicted molar refractivity (Wildman–Crippen MR) is 143 cm³/mol. The van der Waals surface area contributed by atoms with Crippen molar-refractivity contribution in [3.63, 3.8) is 0 Å². The molecule has 0 radical (unpaired) electrons. The number of likely N-dealkylation sites (N-methyl/N-ethyl adjacent to an activating group) is 1. The molecular weight excluding hydrogens is 485 g/mol. The second kappa shape index (κ2) is 10.7. The number of ketones is 1. The maximum Gasteiger partial charge on any atom is 0.295 e. The highest BCUT2D eigenvalue weighted by atomic mass is 19.1. The Balaban J connectivity index is 1.31. The SMILES string of the molecule is CC1CN(C(=O)c2c[nH]c3ccc(C(=O)C(=O)N4CCN(C)CC4)cc23)C(C)CN1Cc1ccc(F)cc1. The van der Waals surface area contributed by atoms with Gasteiger partial charge >= 0.3 is 0 Å². The number of H-pyrrole nitrogens is 1. The molecule has 0 saturated carbocycles. The van der Waals surface area contributed by atoms with Crippen molar-refractivity contribution < 1.29 is 18.8 Å². The topological polar surface area (TPSA) is 80.0 Å². The third kappa shape index (κ3) is 5.21. The van der Waals surface area contributed by atoms with Gasteiger partial charge in [0.2, 0.25) is 5.78 Å². The molecule has 0 bridgehead atoms. The summed E-state index contributed by atoms with van der Waals surface area (Å²) in [6.07, 6.45) is 1.69. The lowest BCUT2D eigenvalue weighted by atomic mass is 10.0. The summed E-state index contributed by atoms with van der Waals surface area (Å²) < 4.78 is 13.3. The number of halogens is 1. The monoisotopic (exact) mass is 519 g/mol.